The molecule has 0 aliphatic carbocycles. The maximum atomic E-state index is 8.74. The Labute approximate surface area is 173 Å². The van der Waals surface area contributed by atoms with Gasteiger partial charge in [0, 0.05) is 24.8 Å². The van der Waals surface area contributed by atoms with E-state index in [1.165, 1.54) is 0 Å². The van der Waals surface area contributed by atoms with Crippen LogP contribution in [0.25, 0.3) is 11.3 Å². The van der Waals surface area contributed by atoms with Crippen molar-refractivity contribution >= 4 is 57.1 Å². The van der Waals surface area contributed by atoms with Crippen LogP contribution in [0.2, 0.25) is 0 Å². The van der Waals surface area contributed by atoms with E-state index in [2.05, 4.69) is 44.7 Å². The second kappa shape index (κ2) is 9.97. The van der Waals surface area contributed by atoms with E-state index in [4.69, 9.17) is 33.7 Å². The van der Waals surface area contributed by atoms with Crippen molar-refractivity contribution in [3.8, 4) is 12.1 Å². The Morgan fingerprint density at radius 2 is 1.58 bits per heavy atom. The van der Waals surface area contributed by atoms with E-state index in [9.17, 15) is 0 Å². The van der Waals surface area contributed by atoms with Gasteiger partial charge in [0.1, 0.15) is 15.8 Å². The lowest BCUT2D eigenvalue weighted by molar-refractivity contribution is 1.14. The molecular formula is C17H11Cl2IN6. The van der Waals surface area contributed by atoms with Crippen LogP contribution in [0.4, 0.5) is 0 Å². The average molecular weight is 497 g/mol. The molecule has 4 aromatic heterocycles. The first-order chi connectivity index (χ1) is 12.7. The zero-order valence-corrected chi connectivity index (χ0v) is 16.9. The summed E-state index contributed by atoms with van der Waals surface area (Å²) >= 11 is 11.7. The number of hydrogen-bond acceptors (Lipinski definition) is 4. The van der Waals surface area contributed by atoms with Crippen molar-refractivity contribution < 1.29 is 0 Å². The first-order valence-corrected chi connectivity index (χ1v) is 9.26. The van der Waals surface area contributed by atoms with E-state index in [1.54, 1.807) is 24.5 Å². The van der Waals surface area contributed by atoms with Gasteiger partial charge in [0.2, 0.25) is 0 Å². The largest absolute Gasteiger partial charge is 0.306 e. The number of nitrogens with zero attached hydrogens (tertiary/aromatic N) is 6. The molecule has 6 nitrogen and oxygen atoms in total. The van der Waals surface area contributed by atoms with Gasteiger partial charge in [0.15, 0.2) is 11.3 Å². The van der Waals surface area contributed by atoms with E-state index in [0.29, 0.717) is 11.1 Å². The second-order valence-electron chi connectivity index (χ2n) is 4.60. The fourth-order valence-corrected chi connectivity index (χ4v) is 2.63. The van der Waals surface area contributed by atoms with Crippen LogP contribution in [-0.2, 0) is 0 Å². The molecule has 9 heteroatoms. The van der Waals surface area contributed by atoms with Gasteiger partial charge in [-0.25, -0.2) is 9.97 Å². The van der Waals surface area contributed by atoms with Gasteiger partial charge < -0.3 is 4.40 Å². The molecule has 26 heavy (non-hydrogen) atoms. The Bertz CT molecular complexity index is 1090. The molecule has 0 aromatic carbocycles. The fourth-order valence-electron chi connectivity index (χ4n) is 2.10. The van der Waals surface area contributed by atoms with Crippen LogP contribution in [0.3, 0.4) is 0 Å². The summed E-state index contributed by atoms with van der Waals surface area (Å²) in [5, 5.41) is 17.6. The minimum Gasteiger partial charge on any atom is -0.306 e. The lowest BCUT2D eigenvalue weighted by Gasteiger charge is -1.94. The third-order valence-electron chi connectivity index (χ3n) is 3.15. The zero-order chi connectivity index (χ0) is 18.9. The Hall–Kier alpha value is -2.33. The summed E-state index contributed by atoms with van der Waals surface area (Å²) in [6.07, 6.45) is 9.00. The number of hydrogen-bond donors (Lipinski definition) is 0. The number of alkyl halides is 2. The molecule has 0 atom stereocenters. The minimum absolute atomic E-state index is 0.194. The van der Waals surface area contributed by atoms with Gasteiger partial charge in [-0.3, -0.25) is 4.40 Å². The van der Waals surface area contributed by atoms with Gasteiger partial charge in [0.05, 0.1) is 22.7 Å². The summed E-state index contributed by atoms with van der Waals surface area (Å²) in [7, 11) is 0. The van der Waals surface area contributed by atoms with Gasteiger partial charge in [-0.1, -0.05) is 0 Å². The van der Waals surface area contributed by atoms with E-state index in [-0.39, 0.29) is 5.34 Å². The van der Waals surface area contributed by atoms with Crippen molar-refractivity contribution in [2.45, 2.75) is 0 Å². The van der Waals surface area contributed by atoms with Gasteiger partial charge in [-0.2, -0.15) is 10.5 Å². The van der Waals surface area contributed by atoms with Crippen molar-refractivity contribution in [1.29, 1.82) is 10.5 Å². The Morgan fingerprint density at radius 1 is 0.962 bits per heavy atom. The summed E-state index contributed by atoms with van der Waals surface area (Å²) in [4.78, 5) is 8.15. The highest BCUT2D eigenvalue weighted by Crippen LogP contribution is 2.12. The predicted molar refractivity (Wildman–Crippen MR) is 109 cm³/mol. The molecule has 0 saturated carbocycles. The highest BCUT2D eigenvalue weighted by molar-refractivity contribution is 14.1. The average Bonchev–Trinajstić information content (AvgIpc) is 3.29. The first kappa shape index (κ1) is 20.0. The van der Waals surface area contributed by atoms with E-state index < -0.39 is 0 Å². The number of imidazole rings is 2. The Morgan fingerprint density at radius 3 is 2.23 bits per heavy atom. The molecule has 4 rings (SSSR count). The molecule has 4 heterocycles. The van der Waals surface area contributed by atoms with Crippen molar-refractivity contribution in [2.75, 3.05) is 5.34 Å². The lowest BCUT2D eigenvalue weighted by atomic mass is 10.3. The summed E-state index contributed by atoms with van der Waals surface area (Å²) in [5.74, 6) is 0. The third-order valence-corrected chi connectivity index (χ3v) is 3.95. The topological polar surface area (TPSA) is 82.2 Å². The third kappa shape index (κ3) is 4.64. The van der Waals surface area contributed by atoms with Crippen LogP contribution in [0, 0.1) is 26.4 Å². The van der Waals surface area contributed by atoms with Gasteiger partial charge in [0.25, 0.3) is 0 Å². The minimum atomic E-state index is 0.194. The predicted octanol–water partition coefficient (Wildman–Crippen LogP) is 4.44. The molecular weight excluding hydrogens is 486 g/mol. The molecule has 0 aliphatic rings. The molecule has 0 spiro atoms. The quantitative estimate of drug-likeness (QED) is 0.266. The number of pyridine rings is 2. The zero-order valence-electron chi connectivity index (χ0n) is 13.2. The van der Waals surface area contributed by atoms with Crippen LogP contribution < -0.4 is 0 Å². The van der Waals surface area contributed by atoms with Crippen molar-refractivity contribution in [3.05, 3.63) is 70.1 Å². The van der Waals surface area contributed by atoms with Gasteiger partial charge >= 0.3 is 0 Å². The molecule has 0 saturated heterocycles. The molecule has 0 amide bonds. The van der Waals surface area contributed by atoms with Crippen LogP contribution in [0.15, 0.2) is 55.2 Å². The first-order valence-electron chi connectivity index (χ1n) is 7.11. The number of rotatable bonds is 0. The molecule has 0 unspecified atom stereocenters. The molecule has 0 N–H and O–H groups in total. The normalized spacial score (nSPS) is 9.42. The molecule has 0 fully saturated rings. The lowest BCUT2D eigenvalue weighted by Crippen LogP contribution is -1.88. The van der Waals surface area contributed by atoms with E-state index in [0.717, 1.165) is 15.0 Å². The number of halogens is 3. The number of aromatic nitrogens is 4. The molecule has 4 aromatic rings. The van der Waals surface area contributed by atoms with Crippen LogP contribution in [0.1, 0.15) is 11.1 Å². The highest BCUT2D eigenvalue weighted by atomic mass is 127. The van der Waals surface area contributed by atoms with Gasteiger partial charge in [-0.05, 0) is 46.9 Å². The SMILES string of the molecule is ClCCl.N#Cc1cccn2c(I)cnc12.N#Cc1cccn2ccnc12. The highest BCUT2D eigenvalue weighted by Gasteiger charge is 2.03. The van der Waals surface area contributed by atoms with E-state index in [1.807, 2.05) is 39.5 Å². The van der Waals surface area contributed by atoms with Crippen molar-refractivity contribution in [3.63, 3.8) is 0 Å². The number of fused-ring (bicyclic) bond motifs is 2. The van der Waals surface area contributed by atoms with Gasteiger partial charge in [-0.15, -0.1) is 23.2 Å². The standard InChI is InChI=1S/C8H4IN3.C8H5N3.CH2Cl2/c9-7-5-11-8-6(4-10)2-1-3-12(7)8;9-6-7-2-1-4-11-5-3-10-8(7)11;2-1-3/h1-3,5H;1-5H;1H2. The Kier molecular flexibility index (Phi) is 7.67. The summed E-state index contributed by atoms with van der Waals surface area (Å²) in [5.41, 5.74) is 2.66. The summed E-state index contributed by atoms with van der Waals surface area (Å²) in [6, 6.07) is 11.4. The molecule has 0 bridgehead atoms. The monoisotopic (exact) mass is 496 g/mol. The van der Waals surface area contributed by atoms with Crippen LogP contribution in [-0.4, -0.2) is 24.1 Å². The smallest absolute Gasteiger partial charge is 0.155 e. The van der Waals surface area contributed by atoms with Crippen LogP contribution >= 0.6 is 45.8 Å². The maximum Gasteiger partial charge on any atom is 0.155 e. The molecule has 0 radical (unpaired) electrons. The summed E-state index contributed by atoms with van der Waals surface area (Å²) in [6.45, 7) is 0. The van der Waals surface area contributed by atoms with Crippen LogP contribution in [0.5, 0.6) is 0 Å². The van der Waals surface area contributed by atoms with Crippen molar-refractivity contribution in [2.24, 2.45) is 0 Å². The maximum absolute atomic E-state index is 8.74. The number of nitriles is 2. The molecule has 130 valence electrons. The van der Waals surface area contributed by atoms with Crippen molar-refractivity contribution in [1.82, 2.24) is 18.8 Å². The fraction of sp³-hybridized carbons (Fsp3) is 0.0588. The second-order valence-corrected chi connectivity index (χ2v) is 6.51. The van der Waals surface area contributed by atoms with E-state index >= 15 is 0 Å². The summed E-state index contributed by atoms with van der Waals surface area (Å²) < 4.78 is 4.72. The molecule has 0 aliphatic heterocycles. The Balaban J connectivity index is 0.000000163.